The molecule has 7 heteroatoms. The van der Waals surface area contributed by atoms with Crippen LogP contribution in [0.5, 0.6) is 0 Å². The molecule has 2 saturated heterocycles. The molecule has 0 radical (unpaired) electrons. The van der Waals surface area contributed by atoms with Gasteiger partial charge >= 0.3 is 0 Å². The first-order valence-electron chi connectivity index (χ1n) is 10.5. The summed E-state index contributed by atoms with van der Waals surface area (Å²) in [5.74, 6) is -0.567. The fourth-order valence-corrected chi connectivity index (χ4v) is 5.08. The van der Waals surface area contributed by atoms with Gasteiger partial charge < -0.3 is 20.4 Å². The minimum Gasteiger partial charge on any atom is -0.348 e. The standard InChI is InChI=1S/C22H30N4O3/c1-25(2)21(29)18-13-26(20(28)16-7-5-11-23-12-16)14-22(18)10-9-15-6-3-4-8-17(15)19(27)24-22/h3-4,6,8,16,18,23H,5,7,9-14H2,1-2H3,(H,24,27)/t16-,18-,22+/m1/s1. The normalized spacial score (nSPS) is 29.2. The van der Waals surface area contributed by atoms with Crippen LogP contribution in [0.1, 0.15) is 35.2 Å². The van der Waals surface area contributed by atoms with Gasteiger partial charge in [-0.2, -0.15) is 0 Å². The maximum absolute atomic E-state index is 13.2. The lowest BCUT2D eigenvalue weighted by Gasteiger charge is -2.35. The van der Waals surface area contributed by atoms with Gasteiger partial charge in [0.25, 0.3) is 5.91 Å². The van der Waals surface area contributed by atoms with E-state index >= 15 is 0 Å². The fraction of sp³-hybridized carbons (Fsp3) is 0.591. The highest BCUT2D eigenvalue weighted by atomic mass is 16.2. The summed E-state index contributed by atoms with van der Waals surface area (Å²) in [6.07, 6.45) is 3.22. The summed E-state index contributed by atoms with van der Waals surface area (Å²) >= 11 is 0. The Morgan fingerprint density at radius 1 is 1.24 bits per heavy atom. The molecule has 3 amide bonds. The van der Waals surface area contributed by atoms with Crippen molar-refractivity contribution in [3.63, 3.8) is 0 Å². The number of carbonyl (C=O) groups excluding carboxylic acids is 3. The molecule has 156 valence electrons. The Hall–Kier alpha value is -2.41. The Kier molecular flexibility index (Phi) is 5.34. The molecule has 1 aromatic rings. The van der Waals surface area contributed by atoms with Crippen LogP contribution in [0.2, 0.25) is 0 Å². The molecule has 2 N–H and O–H groups in total. The molecule has 7 nitrogen and oxygen atoms in total. The average Bonchev–Trinajstić information content (AvgIpc) is 3.03. The van der Waals surface area contributed by atoms with Crippen LogP contribution in [0.3, 0.4) is 0 Å². The lowest BCUT2D eigenvalue weighted by atomic mass is 9.81. The number of carbonyl (C=O) groups is 3. The smallest absolute Gasteiger partial charge is 0.252 e. The molecule has 2 fully saturated rings. The van der Waals surface area contributed by atoms with E-state index < -0.39 is 11.5 Å². The predicted molar refractivity (Wildman–Crippen MR) is 109 cm³/mol. The SMILES string of the molecule is CN(C)C(=O)[C@H]1CN(C(=O)[C@@H]2CCCNC2)C[C@@]12CCc1ccccc1C(=O)N2. The number of nitrogens with zero attached hydrogens (tertiary/aromatic N) is 2. The maximum Gasteiger partial charge on any atom is 0.252 e. The van der Waals surface area contributed by atoms with Crippen LogP contribution < -0.4 is 10.6 Å². The van der Waals surface area contributed by atoms with Crippen molar-refractivity contribution in [3.05, 3.63) is 35.4 Å². The number of amides is 3. The zero-order valence-electron chi connectivity index (χ0n) is 17.2. The number of nitrogens with one attached hydrogen (secondary N) is 2. The molecule has 3 atom stereocenters. The van der Waals surface area contributed by atoms with Gasteiger partial charge in [-0.15, -0.1) is 0 Å². The molecule has 0 aliphatic carbocycles. The molecule has 29 heavy (non-hydrogen) atoms. The topological polar surface area (TPSA) is 81.8 Å². The molecular weight excluding hydrogens is 368 g/mol. The summed E-state index contributed by atoms with van der Waals surface area (Å²) in [5, 5.41) is 6.49. The fourth-order valence-electron chi connectivity index (χ4n) is 5.08. The number of benzene rings is 1. The molecule has 3 heterocycles. The van der Waals surface area contributed by atoms with Gasteiger partial charge in [-0.1, -0.05) is 18.2 Å². The number of aryl methyl sites for hydroxylation is 1. The summed E-state index contributed by atoms with van der Waals surface area (Å²) in [5.41, 5.74) is 0.940. The zero-order valence-corrected chi connectivity index (χ0v) is 17.2. The van der Waals surface area contributed by atoms with Gasteiger partial charge in [0.05, 0.1) is 17.4 Å². The van der Waals surface area contributed by atoms with Gasteiger partial charge in [0, 0.05) is 39.3 Å². The molecular formula is C22H30N4O3. The van der Waals surface area contributed by atoms with E-state index in [0.717, 1.165) is 24.9 Å². The summed E-state index contributed by atoms with van der Waals surface area (Å²) < 4.78 is 0. The first-order chi connectivity index (χ1) is 13.9. The molecule has 3 aliphatic heterocycles. The molecule has 1 aromatic carbocycles. The Morgan fingerprint density at radius 2 is 2.03 bits per heavy atom. The van der Waals surface area contributed by atoms with Gasteiger partial charge in [-0.25, -0.2) is 0 Å². The number of hydrogen-bond donors (Lipinski definition) is 2. The van der Waals surface area contributed by atoms with E-state index in [4.69, 9.17) is 0 Å². The number of hydrogen-bond acceptors (Lipinski definition) is 4. The molecule has 0 saturated carbocycles. The average molecular weight is 399 g/mol. The van der Waals surface area contributed by atoms with Gasteiger partial charge in [0.15, 0.2) is 0 Å². The lowest BCUT2D eigenvalue weighted by Crippen LogP contribution is -2.57. The number of fused-ring (bicyclic) bond motifs is 1. The molecule has 0 unspecified atom stereocenters. The van der Waals surface area contributed by atoms with Crippen molar-refractivity contribution in [2.75, 3.05) is 40.3 Å². The molecule has 4 rings (SSSR count). The minimum absolute atomic E-state index is 0.0340. The third-order valence-corrected chi connectivity index (χ3v) is 6.70. The Morgan fingerprint density at radius 3 is 2.76 bits per heavy atom. The van der Waals surface area contributed by atoms with Crippen LogP contribution in [0.4, 0.5) is 0 Å². The van der Waals surface area contributed by atoms with Crippen molar-refractivity contribution in [2.45, 2.75) is 31.2 Å². The van der Waals surface area contributed by atoms with Gasteiger partial charge in [-0.05, 0) is 43.9 Å². The van der Waals surface area contributed by atoms with Crippen molar-refractivity contribution in [1.82, 2.24) is 20.4 Å². The third-order valence-electron chi connectivity index (χ3n) is 6.70. The highest BCUT2D eigenvalue weighted by molar-refractivity contribution is 5.97. The Labute approximate surface area is 171 Å². The zero-order chi connectivity index (χ0) is 20.6. The Balaban J connectivity index is 1.63. The van der Waals surface area contributed by atoms with Crippen molar-refractivity contribution in [2.24, 2.45) is 11.8 Å². The second-order valence-electron chi connectivity index (χ2n) is 8.81. The third kappa shape index (κ3) is 3.64. The van der Waals surface area contributed by atoms with Gasteiger partial charge in [0.1, 0.15) is 0 Å². The molecule has 3 aliphatic rings. The predicted octanol–water partition coefficient (Wildman–Crippen LogP) is 0.648. The van der Waals surface area contributed by atoms with Crippen LogP contribution in [0.25, 0.3) is 0 Å². The lowest BCUT2D eigenvalue weighted by molar-refractivity contribution is -0.136. The van der Waals surface area contributed by atoms with Crippen LogP contribution in [0, 0.1) is 11.8 Å². The van der Waals surface area contributed by atoms with Crippen molar-refractivity contribution in [3.8, 4) is 0 Å². The van der Waals surface area contributed by atoms with Crippen molar-refractivity contribution in [1.29, 1.82) is 0 Å². The van der Waals surface area contributed by atoms with Gasteiger partial charge in [-0.3, -0.25) is 14.4 Å². The van der Waals surface area contributed by atoms with Crippen LogP contribution >= 0.6 is 0 Å². The van der Waals surface area contributed by atoms with Crippen LogP contribution in [0.15, 0.2) is 24.3 Å². The monoisotopic (exact) mass is 398 g/mol. The largest absolute Gasteiger partial charge is 0.348 e. The van der Waals surface area contributed by atoms with E-state index in [0.29, 0.717) is 38.0 Å². The number of rotatable bonds is 2. The minimum atomic E-state index is -0.727. The maximum atomic E-state index is 13.2. The second kappa shape index (κ2) is 7.78. The molecule has 0 bridgehead atoms. The highest BCUT2D eigenvalue weighted by Gasteiger charge is 2.53. The summed E-state index contributed by atoms with van der Waals surface area (Å²) in [6, 6.07) is 7.60. The van der Waals surface area contributed by atoms with E-state index in [1.54, 1.807) is 19.0 Å². The first-order valence-corrected chi connectivity index (χ1v) is 10.5. The van der Waals surface area contributed by atoms with E-state index in [9.17, 15) is 14.4 Å². The molecule has 1 spiro atoms. The highest BCUT2D eigenvalue weighted by Crippen LogP contribution is 2.37. The van der Waals surface area contributed by atoms with Crippen LogP contribution in [-0.2, 0) is 16.0 Å². The summed E-state index contributed by atoms with van der Waals surface area (Å²) in [4.78, 5) is 42.7. The van der Waals surface area contributed by atoms with E-state index in [1.807, 2.05) is 29.2 Å². The van der Waals surface area contributed by atoms with E-state index in [1.165, 1.54) is 0 Å². The van der Waals surface area contributed by atoms with E-state index in [2.05, 4.69) is 10.6 Å². The van der Waals surface area contributed by atoms with Crippen molar-refractivity contribution < 1.29 is 14.4 Å². The number of piperidine rings is 1. The first kappa shape index (κ1) is 19.9. The number of likely N-dealkylation sites (tertiary alicyclic amines) is 1. The Bertz CT molecular complexity index is 818. The van der Waals surface area contributed by atoms with Gasteiger partial charge in [0.2, 0.25) is 11.8 Å². The second-order valence-corrected chi connectivity index (χ2v) is 8.81. The quantitative estimate of drug-likeness (QED) is 0.766. The molecule has 0 aromatic heterocycles. The van der Waals surface area contributed by atoms with E-state index in [-0.39, 0.29) is 23.6 Å². The summed E-state index contributed by atoms with van der Waals surface area (Å²) in [7, 11) is 3.47. The van der Waals surface area contributed by atoms with Crippen molar-refractivity contribution >= 4 is 17.7 Å². The van der Waals surface area contributed by atoms with Crippen LogP contribution in [-0.4, -0.2) is 73.3 Å². The summed E-state index contributed by atoms with van der Waals surface area (Å²) in [6.45, 7) is 2.39.